The summed E-state index contributed by atoms with van der Waals surface area (Å²) in [6.45, 7) is 1.90. The quantitative estimate of drug-likeness (QED) is 0.233. The summed E-state index contributed by atoms with van der Waals surface area (Å²) in [4.78, 5) is 18.9. The zero-order chi connectivity index (χ0) is 24.4. The number of benzene rings is 4. The minimum absolute atomic E-state index is 0.112. The van der Waals surface area contributed by atoms with Gasteiger partial charge in [-0.15, -0.1) is 12.6 Å². The Bertz CT molecular complexity index is 1530. The normalized spacial score (nSPS) is 10.8. The summed E-state index contributed by atoms with van der Waals surface area (Å²) in [5, 5.41) is 13.4. The van der Waals surface area contributed by atoms with Crippen molar-refractivity contribution < 1.29 is 14.3 Å². The van der Waals surface area contributed by atoms with E-state index < -0.39 is 0 Å². The second-order valence-electron chi connectivity index (χ2n) is 8.10. The van der Waals surface area contributed by atoms with Crippen molar-refractivity contribution in [3.63, 3.8) is 0 Å². The van der Waals surface area contributed by atoms with Crippen molar-refractivity contribution in [1.29, 1.82) is 0 Å². The van der Waals surface area contributed by atoms with Crippen LogP contribution in [0.25, 0.3) is 33.8 Å². The summed E-state index contributed by atoms with van der Waals surface area (Å²) in [7, 11) is 0. The molecule has 5 rings (SSSR count). The first-order valence-corrected chi connectivity index (χ1v) is 11.5. The van der Waals surface area contributed by atoms with Crippen LogP contribution in [0.2, 0.25) is 0 Å². The van der Waals surface area contributed by atoms with E-state index in [0.717, 1.165) is 16.7 Å². The van der Waals surface area contributed by atoms with Crippen LogP contribution < -0.4 is 5.32 Å². The third-order valence-corrected chi connectivity index (χ3v) is 6.04. The lowest BCUT2D eigenvalue weighted by molar-refractivity contribution is 0.102. The van der Waals surface area contributed by atoms with Crippen LogP contribution in [0.1, 0.15) is 15.9 Å². The summed E-state index contributed by atoms with van der Waals surface area (Å²) in [6.07, 6.45) is 0. The highest BCUT2D eigenvalue weighted by molar-refractivity contribution is 7.80. The molecule has 0 aliphatic heterocycles. The molecule has 5 nitrogen and oxygen atoms in total. The highest BCUT2D eigenvalue weighted by atomic mass is 32.1. The highest BCUT2D eigenvalue weighted by Gasteiger charge is 2.22. The van der Waals surface area contributed by atoms with E-state index in [2.05, 4.69) is 17.9 Å². The van der Waals surface area contributed by atoms with Crippen LogP contribution in [0.3, 0.4) is 0 Å². The molecule has 0 fully saturated rings. The molecule has 1 aromatic heterocycles. The number of carbonyl (C=O) groups is 1. The predicted octanol–water partition coefficient (Wildman–Crippen LogP) is 7.23. The van der Waals surface area contributed by atoms with Crippen LogP contribution >= 0.6 is 12.6 Å². The van der Waals surface area contributed by atoms with E-state index in [-0.39, 0.29) is 17.5 Å². The summed E-state index contributed by atoms with van der Waals surface area (Å²) in [5.41, 5.74) is 4.52. The van der Waals surface area contributed by atoms with Gasteiger partial charge < -0.3 is 9.52 Å². The van der Waals surface area contributed by atoms with Crippen molar-refractivity contribution in [2.45, 2.75) is 11.8 Å². The van der Waals surface area contributed by atoms with E-state index in [1.54, 1.807) is 30.3 Å². The van der Waals surface area contributed by atoms with E-state index in [1.807, 2.05) is 73.7 Å². The Balaban J connectivity index is 1.58. The largest absolute Gasteiger partial charge is 0.507 e. The van der Waals surface area contributed by atoms with Crippen molar-refractivity contribution in [3.8, 4) is 39.6 Å². The number of oxazole rings is 1. The third-order valence-electron chi connectivity index (χ3n) is 5.65. The zero-order valence-corrected chi connectivity index (χ0v) is 19.8. The average molecular weight is 479 g/mol. The zero-order valence-electron chi connectivity index (χ0n) is 18.9. The molecule has 35 heavy (non-hydrogen) atoms. The van der Waals surface area contributed by atoms with Crippen LogP contribution in [0.4, 0.5) is 5.88 Å². The first kappa shape index (κ1) is 22.5. The molecule has 0 spiro atoms. The van der Waals surface area contributed by atoms with Gasteiger partial charge in [-0.2, -0.15) is 0 Å². The number of nitrogens with one attached hydrogen (secondary N) is 1. The second-order valence-corrected chi connectivity index (χ2v) is 8.58. The van der Waals surface area contributed by atoms with Crippen LogP contribution in [0.15, 0.2) is 106 Å². The lowest BCUT2D eigenvalue weighted by Crippen LogP contribution is -2.13. The van der Waals surface area contributed by atoms with Gasteiger partial charge in [0.25, 0.3) is 5.91 Å². The molecule has 0 atom stereocenters. The molecule has 5 aromatic rings. The van der Waals surface area contributed by atoms with Gasteiger partial charge in [0.2, 0.25) is 11.8 Å². The Morgan fingerprint density at radius 1 is 0.857 bits per heavy atom. The topological polar surface area (TPSA) is 75.4 Å². The first-order valence-electron chi connectivity index (χ1n) is 11.1. The molecule has 0 radical (unpaired) electrons. The minimum atomic E-state index is -0.380. The van der Waals surface area contributed by atoms with Crippen LogP contribution in [0.5, 0.6) is 5.75 Å². The van der Waals surface area contributed by atoms with Gasteiger partial charge >= 0.3 is 0 Å². The Hall–Kier alpha value is -4.29. The number of anilines is 1. The molecule has 1 amide bonds. The molecule has 0 bridgehead atoms. The maximum atomic E-state index is 13.5. The summed E-state index contributed by atoms with van der Waals surface area (Å²) >= 11 is 4.58. The molecule has 172 valence electrons. The number of hydrogen-bond acceptors (Lipinski definition) is 5. The molecule has 0 unspecified atom stereocenters. The van der Waals surface area contributed by atoms with Gasteiger partial charge in [0.05, 0.1) is 0 Å². The maximum absolute atomic E-state index is 13.5. The maximum Gasteiger partial charge on any atom is 0.258 e. The fourth-order valence-corrected chi connectivity index (χ4v) is 4.19. The highest BCUT2D eigenvalue weighted by Crippen LogP contribution is 2.37. The SMILES string of the molecule is Cc1ccc(-c2ccccc2C(=O)Nc2oc(-c3ccccc3)nc2-c2ccccc2S)c(O)c1. The van der Waals surface area contributed by atoms with Gasteiger partial charge in [-0.05, 0) is 48.4 Å². The van der Waals surface area contributed by atoms with Gasteiger partial charge in [0.1, 0.15) is 11.4 Å². The van der Waals surface area contributed by atoms with E-state index >= 15 is 0 Å². The number of carbonyl (C=O) groups excluding carboxylic acids is 1. The van der Waals surface area contributed by atoms with Crippen LogP contribution in [0, 0.1) is 6.92 Å². The molecule has 0 saturated heterocycles. The number of aryl methyl sites for hydroxylation is 1. The fraction of sp³-hybridized carbons (Fsp3) is 0.0345. The van der Waals surface area contributed by atoms with Crippen molar-refractivity contribution >= 4 is 24.4 Å². The predicted molar refractivity (Wildman–Crippen MR) is 141 cm³/mol. The van der Waals surface area contributed by atoms with Crippen LogP contribution in [-0.2, 0) is 0 Å². The van der Waals surface area contributed by atoms with Crippen LogP contribution in [-0.4, -0.2) is 16.0 Å². The van der Waals surface area contributed by atoms with Gasteiger partial charge in [0.15, 0.2) is 0 Å². The minimum Gasteiger partial charge on any atom is -0.507 e. The Morgan fingerprint density at radius 2 is 1.54 bits per heavy atom. The average Bonchev–Trinajstić information content (AvgIpc) is 3.28. The number of nitrogens with zero attached hydrogens (tertiary/aromatic N) is 1. The number of phenolic OH excluding ortho intramolecular Hbond substituents is 1. The number of thiol groups is 1. The van der Waals surface area contributed by atoms with Crippen molar-refractivity contribution in [3.05, 3.63) is 108 Å². The molecule has 2 N–H and O–H groups in total. The lowest BCUT2D eigenvalue weighted by atomic mass is 9.97. The number of aromatic hydroxyl groups is 1. The smallest absolute Gasteiger partial charge is 0.258 e. The van der Waals surface area contributed by atoms with Crippen molar-refractivity contribution in [2.75, 3.05) is 5.32 Å². The van der Waals surface area contributed by atoms with E-state index in [9.17, 15) is 9.90 Å². The number of amides is 1. The number of phenols is 1. The third kappa shape index (κ3) is 4.56. The van der Waals surface area contributed by atoms with E-state index in [1.165, 1.54) is 0 Å². The molecule has 0 aliphatic carbocycles. The first-order chi connectivity index (χ1) is 17.0. The Labute approximate surface area is 208 Å². The molecular weight excluding hydrogens is 456 g/mol. The summed E-state index contributed by atoms with van der Waals surface area (Å²) < 4.78 is 6.06. The second kappa shape index (κ2) is 9.52. The molecule has 0 saturated carbocycles. The molecule has 6 heteroatoms. The summed E-state index contributed by atoms with van der Waals surface area (Å²) in [5.74, 6) is 0.338. The van der Waals surface area contributed by atoms with Gasteiger partial charge in [-0.25, -0.2) is 4.98 Å². The molecular formula is C29H22N2O3S. The van der Waals surface area contributed by atoms with Crippen molar-refractivity contribution in [2.24, 2.45) is 0 Å². The molecule has 1 heterocycles. The molecule has 4 aromatic carbocycles. The monoisotopic (exact) mass is 478 g/mol. The lowest BCUT2D eigenvalue weighted by Gasteiger charge is -2.12. The van der Waals surface area contributed by atoms with E-state index in [4.69, 9.17) is 9.40 Å². The van der Waals surface area contributed by atoms with Gasteiger partial charge in [-0.1, -0.05) is 66.7 Å². The Morgan fingerprint density at radius 3 is 2.29 bits per heavy atom. The van der Waals surface area contributed by atoms with Crippen molar-refractivity contribution in [1.82, 2.24) is 4.98 Å². The number of aromatic nitrogens is 1. The fourth-order valence-electron chi connectivity index (χ4n) is 3.92. The summed E-state index contributed by atoms with van der Waals surface area (Å²) in [6, 6.07) is 29.5. The van der Waals surface area contributed by atoms with Gasteiger partial charge in [-0.3, -0.25) is 10.1 Å². The number of hydrogen-bond donors (Lipinski definition) is 3. The van der Waals surface area contributed by atoms with Gasteiger partial charge in [0, 0.05) is 27.1 Å². The number of rotatable bonds is 5. The van der Waals surface area contributed by atoms with E-state index in [0.29, 0.717) is 33.2 Å². The Kier molecular flexibility index (Phi) is 6.12. The standard InChI is InChI=1S/C29H22N2O3S/c1-18-15-16-21(24(32)17-18)20-11-5-6-12-22(20)27(33)31-29-26(23-13-7-8-14-25(23)35)30-28(34-29)19-9-3-2-4-10-19/h2-17,32,35H,1H3,(H,31,33). The molecule has 0 aliphatic rings.